The van der Waals surface area contributed by atoms with Gasteiger partial charge in [-0.3, -0.25) is 14.6 Å². The standard InChI is InChI=1S/C16H18F3N5O2/c1-9-7-13(25)22-15(21-9)24-10(2)12(8-20-24)14(26)23-5-3-11(4-6-23)16(17,18)19/h7-8,11H,3-6H2,1-2H3,(H,21,22,25). The summed E-state index contributed by atoms with van der Waals surface area (Å²) in [6.45, 7) is 3.40. The minimum Gasteiger partial charge on any atom is -0.339 e. The Bertz CT molecular complexity index is 879. The van der Waals surface area contributed by atoms with E-state index in [4.69, 9.17) is 0 Å². The Kier molecular flexibility index (Phi) is 4.59. The number of alkyl halides is 3. The van der Waals surface area contributed by atoms with Crippen LogP contribution in [0.3, 0.4) is 0 Å². The van der Waals surface area contributed by atoms with E-state index in [1.807, 2.05) is 0 Å². The third-order valence-corrected chi connectivity index (χ3v) is 4.54. The summed E-state index contributed by atoms with van der Waals surface area (Å²) in [5.41, 5.74) is 0.895. The van der Waals surface area contributed by atoms with Crippen LogP contribution in [0.25, 0.3) is 5.95 Å². The number of aromatic nitrogens is 4. The lowest BCUT2D eigenvalue weighted by molar-refractivity contribution is -0.183. The Morgan fingerprint density at radius 3 is 2.50 bits per heavy atom. The topological polar surface area (TPSA) is 83.9 Å². The van der Waals surface area contributed by atoms with Crippen molar-refractivity contribution in [1.82, 2.24) is 24.6 Å². The number of nitrogens with one attached hydrogen (secondary N) is 1. The molecule has 0 atom stereocenters. The number of halogens is 3. The molecular weight excluding hydrogens is 351 g/mol. The first kappa shape index (κ1) is 18.2. The summed E-state index contributed by atoms with van der Waals surface area (Å²) >= 11 is 0. The molecule has 10 heteroatoms. The maximum absolute atomic E-state index is 12.8. The fourth-order valence-electron chi connectivity index (χ4n) is 3.08. The van der Waals surface area contributed by atoms with Crippen molar-refractivity contribution in [3.63, 3.8) is 0 Å². The molecule has 3 heterocycles. The Morgan fingerprint density at radius 1 is 1.27 bits per heavy atom. The highest BCUT2D eigenvalue weighted by Gasteiger charge is 2.42. The van der Waals surface area contributed by atoms with Gasteiger partial charge in [-0.25, -0.2) is 9.67 Å². The first-order valence-electron chi connectivity index (χ1n) is 8.16. The Labute approximate surface area is 146 Å². The molecule has 1 saturated heterocycles. The van der Waals surface area contributed by atoms with Crippen LogP contribution in [0.5, 0.6) is 0 Å². The summed E-state index contributed by atoms with van der Waals surface area (Å²) in [4.78, 5) is 32.4. The molecule has 0 saturated carbocycles. The van der Waals surface area contributed by atoms with Crippen LogP contribution >= 0.6 is 0 Å². The SMILES string of the molecule is Cc1cc(=O)[nH]c(-n2ncc(C(=O)N3CCC(C(F)(F)F)CC3)c2C)n1. The quantitative estimate of drug-likeness (QED) is 0.877. The van der Waals surface area contributed by atoms with Gasteiger partial charge >= 0.3 is 6.18 Å². The number of aryl methyl sites for hydroxylation is 1. The van der Waals surface area contributed by atoms with Gasteiger partial charge < -0.3 is 4.90 Å². The molecule has 0 bridgehead atoms. The zero-order chi connectivity index (χ0) is 19.1. The maximum atomic E-state index is 12.8. The number of likely N-dealkylation sites (tertiary alicyclic amines) is 1. The molecule has 2 aromatic rings. The van der Waals surface area contributed by atoms with E-state index in [1.54, 1.807) is 13.8 Å². The lowest BCUT2D eigenvalue weighted by atomic mass is 9.96. The number of rotatable bonds is 2. The van der Waals surface area contributed by atoms with Crippen LogP contribution in [0.15, 0.2) is 17.1 Å². The second kappa shape index (κ2) is 6.58. The average molecular weight is 369 g/mol. The summed E-state index contributed by atoms with van der Waals surface area (Å²) in [5.74, 6) is -1.55. The van der Waals surface area contributed by atoms with Crippen molar-refractivity contribution in [2.24, 2.45) is 5.92 Å². The first-order chi connectivity index (χ1) is 12.2. The Hall–Kier alpha value is -2.65. The monoisotopic (exact) mass is 369 g/mol. The molecule has 140 valence electrons. The molecule has 7 nitrogen and oxygen atoms in total. The molecule has 1 aliphatic rings. The second-order valence-electron chi connectivity index (χ2n) is 6.37. The molecule has 26 heavy (non-hydrogen) atoms. The number of carbonyl (C=O) groups excluding carboxylic acids is 1. The number of aromatic amines is 1. The smallest absolute Gasteiger partial charge is 0.339 e. The molecular formula is C16H18F3N5O2. The second-order valence-corrected chi connectivity index (χ2v) is 6.37. The normalized spacial score (nSPS) is 16.1. The van der Waals surface area contributed by atoms with E-state index in [0.29, 0.717) is 11.4 Å². The molecule has 2 aromatic heterocycles. The van der Waals surface area contributed by atoms with E-state index in [0.717, 1.165) is 0 Å². The van der Waals surface area contributed by atoms with Crippen LogP contribution in [0.4, 0.5) is 13.2 Å². The van der Waals surface area contributed by atoms with Crippen molar-refractivity contribution >= 4 is 5.91 Å². The molecule has 0 unspecified atom stereocenters. The number of carbonyl (C=O) groups is 1. The van der Waals surface area contributed by atoms with Crippen molar-refractivity contribution < 1.29 is 18.0 Å². The van der Waals surface area contributed by atoms with Gasteiger partial charge in [-0.2, -0.15) is 18.3 Å². The van der Waals surface area contributed by atoms with Crippen molar-refractivity contribution in [2.75, 3.05) is 13.1 Å². The summed E-state index contributed by atoms with van der Waals surface area (Å²) in [7, 11) is 0. The summed E-state index contributed by atoms with van der Waals surface area (Å²) < 4.78 is 39.6. The molecule has 1 amide bonds. The number of nitrogens with zero attached hydrogens (tertiary/aromatic N) is 4. The molecule has 3 rings (SSSR count). The molecule has 0 radical (unpaired) electrons. The minimum absolute atomic E-state index is 0.0488. The third-order valence-electron chi connectivity index (χ3n) is 4.54. The van der Waals surface area contributed by atoms with Gasteiger partial charge in [-0.1, -0.05) is 0 Å². The van der Waals surface area contributed by atoms with E-state index in [-0.39, 0.29) is 48.9 Å². The largest absolute Gasteiger partial charge is 0.391 e. The number of hydrogen-bond donors (Lipinski definition) is 1. The summed E-state index contributed by atoms with van der Waals surface area (Å²) in [5, 5.41) is 4.09. The van der Waals surface area contributed by atoms with Gasteiger partial charge in [0.1, 0.15) is 0 Å². The number of hydrogen-bond acceptors (Lipinski definition) is 4. The highest BCUT2D eigenvalue weighted by molar-refractivity contribution is 5.95. The van der Waals surface area contributed by atoms with Crippen molar-refractivity contribution in [3.8, 4) is 5.95 Å². The molecule has 0 spiro atoms. The minimum atomic E-state index is -4.22. The maximum Gasteiger partial charge on any atom is 0.391 e. The van der Waals surface area contributed by atoms with Gasteiger partial charge in [0.2, 0.25) is 5.95 Å². The zero-order valence-corrected chi connectivity index (χ0v) is 14.3. The predicted octanol–water partition coefficient (Wildman–Crippen LogP) is 1.99. The summed E-state index contributed by atoms with van der Waals surface area (Å²) in [6.07, 6.45) is -3.08. The molecule has 1 fully saturated rings. The van der Waals surface area contributed by atoms with Gasteiger partial charge in [-0.15, -0.1) is 0 Å². The van der Waals surface area contributed by atoms with Crippen molar-refractivity contribution in [1.29, 1.82) is 0 Å². The zero-order valence-electron chi connectivity index (χ0n) is 14.3. The van der Waals surface area contributed by atoms with Crippen LogP contribution in [0, 0.1) is 19.8 Å². The lowest BCUT2D eigenvalue weighted by Gasteiger charge is -2.32. The fraction of sp³-hybridized carbons (Fsp3) is 0.500. The van der Waals surface area contributed by atoms with E-state index < -0.39 is 12.1 Å². The summed E-state index contributed by atoms with van der Waals surface area (Å²) in [6, 6.07) is 1.33. The van der Waals surface area contributed by atoms with E-state index >= 15 is 0 Å². The van der Waals surface area contributed by atoms with E-state index in [2.05, 4.69) is 15.1 Å². The van der Waals surface area contributed by atoms with Gasteiger partial charge in [0, 0.05) is 24.8 Å². The fourth-order valence-corrected chi connectivity index (χ4v) is 3.08. The molecule has 0 aliphatic carbocycles. The van der Waals surface area contributed by atoms with Crippen molar-refractivity contribution in [3.05, 3.63) is 39.6 Å². The van der Waals surface area contributed by atoms with Crippen molar-refractivity contribution in [2.45, 2.75) is 32.9 Å². The van der Waals surface area contributed by atoms with Crippen LogP contribution in [-0.4, -0.2) is 49.8 Å². The van der Waals surface area contributed by atoms with Crippen LogP contribution in [0.2, 0.25) is 0 Å². The van der Waals surface area contributed by atoms with Gasteiger partial charge in [0.05, 0.1) is 23.4 Å². The third kappa shape index (κ3) is 3.49. The van der Waals surface area contributed by atoms with Gasteiger partial charge in [0.15, 0.2) is 0 Å². The number of H-pyrrole nitrogens is 1. The molecule has 0 aromatic carbocycles. The molecule has 1 aliphatic heterocycles. The predicted molar refractivity (Wildman–Crippen MR) is 86.1 cm³/mol. The number of piperidine rings is 1. The Morgan fingerprint density at radius 2 is 1.92 bits per heavy atom. The van der Waals surface area contributed by atoms with E-state index in [9.17, 15) is 22.8 Å². The Balaban J connectivity index is 1.80. The lowest BCUT2D eigenvalue weighted by Crippen LogP contribution is -2.42. The first-order valence-corrected chi connectivity index (χ1v) is 8.16. The number of amides is 1. The van der Waals surface area contributed by atoms with Gasteiger partial charge in [-0.05, 0) is 26.7 Å². The van der Waals surface area contributed by atoms with Crippen LogP contribution in [-0.2, 0) is 0 Å². The van der Waals surface area contributed by atoms with Crippen LogP contribution < -0.4 is 5.56 Å². The average Bonchev–Trinajstić information content (AvgIpc) is 2.94. The van der Waals surface area contributed by atoms with Crippen LogP contribution in [0.1, 0.15) is 34.6 Å². The highest BCUT2D eigenvalue weighted by Crippen LogP contribution is 2.34. The highest BCUT2D eigenvalue weighted by atomic mass is 19.4. The molecule has 1 N–H and O–H groups in total. The van der Waals surface area contributed by atoms with E-state index in [1.165, 1.54) is 21.8 Å². The van der Waals surface area contributed by atoms with Gasteiger partial charge in [0.25, 0.3) is 11.5 Å².